The molecule has 1 atom stereocenters. The molecular weight excluding hydrogens is 358 g/mol. The van der Waals surface area contributed by atoms with Crippen LogP contribution in [0.4, 0.5) is 0 Å². The van der Waals surface area contributed by atoms with E-state index in [0.29, 0.717) is 12.0 Å². The van der Waals surface area contributed by atoms with Crippen LogP contribution in [0.3, 0.4) is 0 Å². The molecule has 1 heterocycles. The van der Waals surface area contributed by atoms with Crippen molar-refractivity contribution < 1.29 is 16.8 Å². The molecule has 0 bridgehead atoms. The van der Waals surface area contributed by atoms with E-state index in [9.17, 15) is 16.8 Å². The zero-order chi connectivity index (χ0) is 18.7. The smallest absolute Gasteiger partial charge is 0.175 e. The summed E-state index contributed by atoms with van der Waals surface area (Å²) in [5.74, 6) is 0.105. The zero-order valence-corrected chi connectivity index (χ0v) is 16.5. The van der Waals surface area contributed by atoms with Crippen LogP contribution in [0.15, 0.2) is 41.8 Å². The van der Waals surface area contributed by atoms with Crippen LogP contribution in [0.5, 0.6) is 0 Å². The van der Waals surface area contributed by atoms with Crippen LogP contribution >= 0.6 is 0 Å². The van der Waals surface area contributed by atoms with Gasteiger partial charge in [0.1, 0.15) is 5.25 Å². The lowest BCUT2D eigenvalue weighted by atomic mass is 9.79. The van der Waals surface area contributed by atoms with Crippen LogP contribution in [0, 0.1) is 5.41 Å². The molecule has 0 aromatic heterocycles. The van der Waals surface area contributed by atoms with Crippen molar-refractivity contribution in [1.29, 1.82) is 0 Å². The average Bonchev–Trinajstić information content (AvgIpc) is 2.54. The summed E-state index contributed by atoms with van der Waals surface area (Å²) in [6, 6.07) is 6.02. The molecule has 5 nitrogen and oxygen atoms in total. The third-order valence-corrected chi connectivity index (χ3v) is 8.18. The van der Waals surface area contributed by atoms with Crippen LogP contribution in [0.1, 0.15) is 37.0 Å². The third-order valence-electron chi connectivity index (χ3n) is 5.04. The number of rotatable bonds is 7. The summed E-state index contributed by atoms with van der Waals surface area (Å²) in [6.45, 7) is 7.68. The fourth-order valence-corrected chi connectivity index (χ4v) is 5.72. The van der Waals surface area contributed by atoms with E-state index < -0.39 is 24.9 Å². The van der Waals surface area contributed by atoms with E-state index in [1.807, 2.05) is 0 Å². The highest BCUT2D eigenvalue weighted by Gasteiger charge is 2.31. The molecule has 0 saturated carbocycles. The monoisotopic (exact) mass is 385 g/mol. The van der Waals surface area contributed by atoms with Crippen LogP contribution < -0.4 is 5.32 Å². The summed E-state index contributed by atoms with van der Waals surface area (Å²) in [5.41, 5.74) is 0.599. The molecule has 1 N–H and O–H groups in total. The zero-order valence-electron chi connectivity index (χ0n) is 14.9. The molecule has 0 amide bonds. The lowest BCUT2D eigenvalue weighted by Gasteiger charge is -2.34. The van der Waals surface area contributed by atoms with Gasteiger partial charge < -0.3 is 5.32 Å². The molecular formula is C18H27NO4S2. The first kappa shape index (κ1) is 20.1. The van der Waals surface area contributed by atoms with Crippen LogP contribution in [0.25, 0.3) is 0 Å². The molecule has 1 aromatic rings. The average molecular weight is 386 g/mol. The van der Waals surface area contributed by atoms with Gasteiger partial charge in [0, 0.05) is 6.26 Å². The Bertz CT molecular complexity index is 805. The predicted octanol–water partition coefficient (Wildman–Crippen LogP) is 2.51. The molecule has 0 aliphatic carbocycles. The highest BCUT2D eigenvalue weighted by Crippen LogP contribution is 2.34. The van der Waals surface area contributed by atoms with Gasteiger partial charge in [0.15, 0.2) is 19.7 Å². The van der Waals surface area contributed by atoms with Gasteiger partial charge >= 0.3 is 0 Å². The number of piperidine rings is 1. The Kier molecular flexibility index (Phi) is 6.12. The molecule has 1 aromatic carbocycles. The Labute approximate surface area is 151 Å². The van der Waals surface area contributed by atoms with Crippen molar-refractivity contribution in [3.63, 3.8) is 0 Å². The summed E-state index contributed by atoms with van der Waals surface area (Å²) >= 11 is 0. The maximum atomic E-state index is 12.8. The maximum Gasteiger partial charge on any atom is 0.175 e. The molecule has 0 radical (unpaired) electrons. The minimum atomic E-state index is -3.40. The summed E-state index contributed by atoms with van der Waals surface area (Å²) < 4.78 is 48.7. The van der Waals surface area contributed by atoms with Gasteiger partial charge in [-0.1, -0.05) is 25.1 Å². The first-order chi connectivity index (χ1) is 11.6. The SMILES string of the molecule is C=CC(c1ccc(S(C)(=O)=O)cc1)S(=O)(=O)CCC1(C)CCNCC1. The van der Waals surface area contributed by atoms with Gasteiger partial charge in [0.2, 0.25) is 0 Å². The predicted molar refractivity (Wildman–Crippen MR) is 101 cm³/mol. The van der Waals surface area contributed by atoms with E-state index in [1.165, 1.54) is 18.2 Å². The Morgan fingerprint density at radius 2 is 1.72 bits per heavy atom. The quantitative estimate of drug-likeness (QED) is 0.730. The summed E-state index contributed by atoms with van der Waals surface area (Å²) in [6.07, 6.45) is 5.14. The summed E-state index contributed by atoms with van der Waals surface area (Å²) in [7, 11) is -6.70. The molecule has 1 fully saturated rings. The Morgan fingerprint density at radius 3 is 2.20 bits per heavy atom. The molecule has 1 saturated heterocycles. The molecule has 7 heteroatoms. The fraction of sp³-hybridized carbons (Fsp3) is 0.556. The van der Waals surface area contributed by atoms with Crippen molar-refractivity contribution in [2.75, 3.05) is 25.1 Å². The molecule has 0 spiro atoms. The highest BCUT2D eigenvalue weighted by atomic mass is 32.2. The second-order valence-corrected chi connectivity index (χ2v) is 11.4. The Morgan fingerprint density at radius 1 is 1.16 bits per heavy atom. The minimum absolute atomic E-state index is 0.0458. The molecule has 140 valence electrons. The first-order valence-corrected chi connectivity index (χ1v) is 12.0. The Balaban J connectivity index is 2.16. The Hall–Kier alpha value is -1.18. The lowest BCUT2D eigenvalue weighted by molar-refractivity contribution is 0.222. The van der Waals surface area contributed by atoms with Gasteiger partial charge in [-0.3, -0.25) is 0 Å². The molecule has 1 aliphatic heterocycles. The highest BCUT2D eigenvalue weighted by molar-refractivity contribution is 7.91. The van der Waals surface area contributed by atoms with Crippen molar-refractivity contribution in [2.24, 2.45) is 5.41 Å². The lowest BCUT2D eigenvalue weighted by Crippen LogP contribution is -2.36. The number of nitrogens with one attached hydrogen (secondary N) is 1. The van der Waals surface area contributed by atoms with Crippen molar-refractivity contribution >= 4 is 19.7 Å². The second-order valence-electron chi connectivity index (χ2n) is 7.18. The van der Waals surface area contributed by atoms with Gasteiger partial charge in [0.25, 0.3) is 0 Å². The van der Waals surface area contributed by atoms with E-state index in [1.54, 1.807) is 12.1 Å². The molecule has 25 heavy (non-hydrogen) atoms. The van der Waals surface area contributed by atoms with E-state index in [2.05, 4.69) is 18.8 Å². The van der Waals surface area contributed by atoms with Crippen LogP contribution in [-0.2, 0) is 19.7 Å². The van der Waals surface area contributed by atoms with E-state index in [-0.39, 0.29) is 16.1 Å². The van der Waals surface area contributed by atoms with Gasteiger partial charge in [-0.15, -0.1) is 6.58 Å². The summed E-state index contributed by atoms with van der Waals surface area (Å²) in [4.78, 5) is 0.179. The molecule has 2 rings (SSSR count). The topological polar surface area (TPSA) is 80.3 Å². The van der Waals surface area contributed by atoms with Crippen LogP contribution in [-0.4, -0.2) is 41.9 Å². The number of benzene rings is 1. The van der Waals surface area contributed by atoms with E-state index in [4.69, 9.17) is 0 Å². The molecule has 1 unspecified atom stereocenters. The van der Waals surface area contributed by atoms with E-state index >= 15 is 0 Å². The number of hydrogen-bond acceptors (Lipinski definition) is 5. The number of sulfone groups is 2. The fourth-order valence-electron chi connectivity index (χ4n) is 3.19. The minimum Gasteiger partial charge on any atom is -0.317 e. The van der Waals surface area contributed by atoms with Gasteiger partial charge in [0.05, 0.1) is 10.6 Å². The van der Waals surface area contributed by atoms with Gasteiger partial charge in [-0.05, 0) is 55.5 Å². The van der Waals surface area contributed by atoms with Crippen LogP contribution in [0.2, 0.25) is 0 Å². The molecule has 1 aliphatic rings. The first-order valence-electron chi connectivity index (χ1n) is 8.42. The van der Waals surface area contributed by atoms with Crippen molar-refractivity contribution in [1.82, 2.24) is 5.32 Å². The van der Waals surface area contributed by atoms with Crippen molar-refractivity contribution in [3.8, 4) is 0 Å². The van der Waals surface area contributed by atoms with Gasteiger partial charge in [-0.25, -0.2) is 16.8 Å². The van der Waals surface area contributed by atoms with Crippen molar-refractivity contribution in [2.45, 2.75) is 36.3 Å². The standard InChI is InChI=1S/C18H27NO4S2/c1-4-17(15-5-7-16(8-6-15)24(3,20)21)25(22,23)14-11-18(2)9-12-19-13-10-18/h4-8,17,19H,1,9-14H2,2-3H3. The number of hydrogen-bond donors (Lipinski definition) is 1. The second kappa shape index (κ2) is 7.60. The van der Waals surface area contributed by atoms with Crippen molar-refractivity contribution in [3.05, 3.63) is 42.5 Å². The summed E-state index contributed by atoms with van der Waals surface area (Å²) in [5, 5.41) is 2.49. The van der Waals surface area contributed by atoms with Gasteiger partial charge in [-0.2, -0.15) is 0 Å². The normalized spacial score (nSPS) is 19.3. The van der Waals surface area contributed by atoms with E-state index in [0.717, 1.165) is 32.2 Å². The third kappa shape index (κ3) is 5.15. The largest absolute Gasteiger partial charge is 0.317 e. The maximum absolute atomic E-state index is 12.8.